The van der Waals surface area contributed by atoms with E-state index >= 15 is 0 Å². The van der Waals surface area contributed by atoms with Gasteiger partial charge in [-0.25, -0.2) is 0 Å². The van der Waals surface area contributed by atoms with E-state index in [4.69, 9.17) is 0 Å². The number of hydrogen-bond acceptors (Lipinski definition) is 3. The van der Waals surface area contributed by atoms with Crippen molar-refractivity contribution in [1.29, 1.82) is 0 Å². The SMILES string of the molecule is O=C1CNCN1C1CCSC1. The molecule has 0 spiro atoms. The molecule has 1 N–H and O–H groups in total. The lowest BCUT2D eigenvalue weighted by atomic mass is 10.2. The van der Waals surface area contributed by atoms with Crippen LogP contribution in [-0.2, 0) is 4.79 Å². The molecule has 62 valence electrons. The molecule has 0 aromatic heterocycles. The van der Waals surface area contributed by atoms with Gasteiger partial charge in [0.1, 0.15) is 0 Å². The van der Waals surface area contributed by atoms with Crippen LogP contribution in [0.2, 0.25) is 0 Å². The molecule has 2 rings (SSSR count). The van der Waals surface area contributed by atoms with Crippen molar-refractivity contribution in [2.45, 2.75) is 12.5 Å². The third-order valence-corrected chi connectivity index (χ3v) is 3.37. The van der Waals surface area contributed by atoms with Crippen molar-refractivity contribution < 1.29 is 4.79 Å². The van der Waals surface area contributed by atoms with Crippen LogP contribution in [0.15, 0.2) is 0 Å². The van der Waals surface area contributed by atoms with E-state index in [1.165, 1.54) is 12.2 Å². The lowest BCUT2D eigenvalue weighted by molar-refractivity contribution is -0.128. The van der Waals surface area contributed by atoms with Crippen molar-refractivity contribution in [2.24, 2.45) is 0 Å². The molecule has 2 saturated heterocycles. The zero-order chi connectivity index (χ0) is 7.68. The lowest BCUT2D eigenvalue weighted by Crippen LogP contribution is -2.37. The van der Waals surface area contributed by atoms with Crippen molar-refractivity contribution in [3.63, 3.8) is 0 Å². The molecule has 0 saturated carbocycles. The Kier molecular flexibility index (Phi) is 2.05. The summed E-state index contributed by atoms with van der Waals surface area (Å²) in [5.74, 6) is 2.62. The first kappa shape index (κ1) is 7.43. The van der Waals surface area contributed by atoms with E-state index in [-0.39, 0.29) is 5.91 Å². The summed E-state index contributed by atoms with van der Waals surface area (Å²) in [6.07, 6.45) is 1.18. The fourth-order valence-corrected chi connectivity index (χ4v) is 2.80. The van der Waals surface area contributed by atoms with Gasteiger partial charge in [-0.3, -0.25) is 10.1 Å². The molecule has 0 aromatic rings. The molecule has 2 heterocycles. The van der Waals surface area contributed by atoms with Gasteiger partial charge in [0.25, 0.3) is 0 Å². The molecular weight excluding hydrogens is 160 g/mol. The maximum atomic E-state index is 11.2. The van der Waals surface area contributed by atoms with Crippen LogP contribution >= 0.6 is 11.8 Å². The summed E-state index contributed by atoms with van der Waals surface area (Å²) in [6.45, 7) is 1.31. The van der Waals surface area contributed by atoms with Crippen molar-refractivity contribution in [3.05, 3.63) is 0 Å². The number of carbonyl (C=O) groups is 1. The maximum absolute atomic E-state index is 11.2. The number of thioether (sulfide) groups is 1. The van der Waals surface area contributed by atoms with Crippen molar-refractivity contribution in [2.75, 3.05) is 24.7 Å². The van der Waals surface area contributed by atoms with Crippen LogP contribution in [0.4, 0.5) is 0 Å². The van der Waals surface area contributed by atoms with Crippen LogP contribution < -0.4 is 5.32 Å². The Morgan fingerprint density at radius 1 is 1.64 bits per heavy atom. The second-order valence-electron chi connectivity index (χ2n) is 2.97. The van der Waals surface area contributed by atoms with E-state index < -0.39 is 0 Å². The smallest absolute Gasteiger partial charge is 0.237 e. The Hall–Kier alpha value is -0.220. The van der Waals surface area contributed by atoms with Crippen LogP contribution in [0.1, 0.15) is 6.42 Å². The van der Waals surface area contributed by atoms with E-state index in [1.54, 1.807) is 0 Å². The summed E-state index contributed by atoms with van der Waals surface area (Å²) < 4.78 is 0. The van der Waals surface area contributed by atoms with E-state index in [9.17, 15) is 4.79 Å². The van der Waals surface area contributed by atoms with E-state index in [1.807, 2.05) is 16.7 Å². The molecule has 0 radical (unpaired) electrons. The molecule has 0 aromatic carbocycles. The van der Waals surface area contributed by atoms with E-state index in [2.05, 4.69) is 5.32 Å². The molecule has 2 aliphatic rings. The van der Waals surface area contributed by atoms with Crippen LogP contribution in [0.5, 0.6) is 0 Å². The van der Waals surface area contributed by atoms with Gasteiger partial charge in [-0.2, -0.15) is 11.8 Å². The van der Waals surface area contributed by atoms with E-state index in [0.717, 1.165) is 12.4 Å². The Labute approximate surface area is 70.5 Å². The van der Waals surface area contributed by atoms with Crippen LogP contribution in [0, 0.1) is 0 Å². The highest BCUT2D eigenvalue weighted by atomic mass is 32.2. The summed E-state index contributed by atoms with van der Waals surface area (Å²) in [5, 5.41) is 3.07. The summed E-state index contributed by atoms with van der Waals surface area (Å²) in [5.41, 5.74) is 0. The first-order valence-corrected chi connectivity index (χ1v) is 5.11. The second kappa shape index (κ2) is 3.03. The summed E-state index contributed by atoms with van der Waals surface area (Å²) in [7, 11) is 0. The maximum Gasteiger partial charge on any atom is 0.237 e. The molecule has 3 nitrogen and oxygen atoms in total. The first-order chi connectivity index (χ1) is 5.38. The zero-order valence-electron chi connectivity index (χ0n) is 6.38. The molecule has 0 aliphatic carbocycles. The Morgan fingerprint density at radius 3 is 3.09 bits per heavy atom. The molecule has 2 aliphatic heterocycles. The number of rotatable bonds is 1. The van der Waals surface area contributed by atoms with Gasteiger partial charge >= 0.3 is 0 Å². The predicted octanol–water partition coefficient (Wildman–Crippen LogP) is -0.119. The number of nitrogens with zero attached hydrogens (tertiary/aromatic N) is 1. The van der Waals surface area contributed by atoms with Crippen molar-refractivity contribution in [3.8, 4) is 0 Å². The topological polar surface area (TPSA) is 32.3 Å². The van der Waals surface area contributed by atoms with Gasteiger partial charge < -0.3 is 4.90 Å². The highest BCUT2D eigenvalue weighted by Gasteiger charge is 2.29. The molecule has 1 unspecified atom stereocenters. The number of hydrogen-bond donors (Lipinski definition) is 1. The molecule has 1 atom stereocenters. The standard InChI is InChI=1S/C7H12N2OS/c10-7-3-8-5-9(7)6-1-2-11-4-6/h6,8H,1-5H2. The van der Waals surface area contributed by atoms with Gasteiger partial charge in [0, 0.05) is 11.8 Å². The second-order valence-corrected chi connectivity index (χ2v) is 4.12. The molecule has 1 amide bonds. The predicted molar refractivity (Wildman–Crippen MR) is 45.4 cm³/mol. The van der Waals surface area contributed by atoms with E-state index in [0.29, 0.717) is 12.6 Å². The molecule has 11 heavy (non-hydrogen) atoms. The Morgan fingerprint density at radius 2 is 2.55 bits per heavy atom. The fourth-order valence-electron chi connectivity index (χ4n) is 1.57. The average Bonchev–Trinajstić information content (AvgIpc) is 2.55. The minimum Gasteiger partial charge on any atom is -0.325 e. The first-order valence-electron chi connectivity index (χ1n) is 3.96. The van der Waals surface area contributed by atoms with Crippen LogP contribution in [-0.4, -0.2) is 41.6 Å². The summed E-state index contributed by atoms with van der Waals surface area (Å²) in [4.78, 5) is 13.2. The highest BCUT2D eigenvalue weighted by Crippen LogP contribution is 2.22. The molecule has 0 bridgehead atoms. The van der Waals surface area contributed by atoms with Crippen LogP contribution in [0.25, 0.3) is 0 Å². The average molecular weight is 172 g/mol. The number of amides is 1. The van der Waals surface area contributed by atoms with Gasteiger partial charge in [0.15, 0.2) is 0 Å². The molecule has 2 fully saturated rings. The Bertz CT molecular complexity index is 168. The monoisotopic (exact) mass is 172 g/mol. The molecular formula is C7H12N2OS. The minimum absolute atomic E-state index is 0.275. The fraction of sp³-hybridized carbons (Fsp3) is 0.857. The largest absolute Gasteiger partial charge is 0.325 e. The van der Waals surface area contributed by atoms with Gasteiger partial charge in [-0.1, -0.05) is 0 Å². The number of nitrogens with one attached hydrogen (secondary N) is 1. The van der Waals surface area contributed by atoms with Gasteiger partial charge in [-0.05, 0) is 12.2 Å². The van der Waals surface area contributed by atoms with Crippen molar-refractivity contribution >= 4 is 17.7 Å². The van der Waals surface area contributed by atoms with Gasteiger partial charge in [-0.15, -0.1) is 0 Å². The highest BCUT2D eigenvalue weighted by molar-refractivity contribution is 7.99. The summed E-state index contributed by atoms with van der Waals surface area (Å²) in [6, 6.07) is 0.516. The third-order valence-electron chi connectivity index (χ3n) is 2.23. The quantitative estimate of drug-likeness (QED) is 0.598. The van der Waals surface area contributed by atoms with Gasteiger partial charge in [0.05, 0.1) is 13.2 Å². The minimum atomic E-state index is 0.275. The zero-order valence-corrected chi connectivity index (χ0v) is 7.19. The number of carbonyl (C=O) groups excluding carboxylic acids is 1. The lowest BCUT2D eigenvalue weighted by Gasteiger charge is -2.21. The summed E-state index contributed by atoms with van der Waals surface area (Å²) >= 11 is 1.95. The Balaban J connectivity index is 1.97. The van der Waals surface area contributed by atoms with Gasteiger partial charge in [0.2, 0.25) is 5.91 Å². The third kappa shape index (κ3) is 1.37. The van der Waals surface area contributed by atoms with Crippen LogP contribution in [0.3, 0.4) is 0 Å². The normalized spacial score (nSPS) is 31.8. The molecule has 4 heteroatoms. The van der Waals surface area contributed by atoms with Crippen molar-refractivity contribution in [1.82, 2.24) is 10.2 Å².